The van der Waals surface area contributed by atoms with E-state index >= 15 is 0 Å². The fraction of sp³-hybridized carbons (Fsp3) is 0.263. The van der Waals surface area contributed by atoms with Gasteiger partial charge >= 0.3 is 0 Å². The van der Waals surface area contributed by atoms with E-state index in [1.807, 2.05) is 0 Å². The zero-order valence-corrected chi connectivity index (χ0v) is 13.1. The van der Waals surface area contributed by atoms with Gasteiger partial charge in [-0.15, -0.1) is 0 Å². The lowest BCUT2D eigenvalue weighted by Gasteiger charge is -2.20. The molecule has 2 heterocycles. The molecule has 1 N–H and O–H groups in total. The van der Waals surface area contributed by atoms with Gasteiger partial charge in [0, 0.05) is 29.7 Å². The first kappa shape index (κ1) is 13.7. The Bertz CT molecular complexity index is 792. The number of rotatable bonds is 2. The summed E-state index contributed by atoms with van der Waals surface area (Å²) in [5.74, 6) is 0. The normalized spacial score (nSPS) is 15.6. The average molecular weight is 288 g/mol. The smallest absolute Gasteiger partial charge is 0.139 e. The van der Waals surface area contributed by atoms with Crippen molar-refractivity contribution in [2.24, 2.45) is 0 Å². The summed E-state index contributed by atoms with van der Waals surface area (Å²) in [7, 11) is 2.18. The number of aryl methyl sites for hydroxylation is 1. The predicted molar refractivity (Wildman–Crippen MR) is 95.4 cm³/mol. The zero-order valence-electron chi connectivity index (χ0n) is 13.1. The molecule has 0 saturated heterocycles. The minimum absolute atomic E-state index is 1.04. The molecule has 22 heavy (non-hydrogen) atoms. The van der Waals surface area contributed by atoms with Crippen molar-refractivity contribution in [3.8, 4) is 0 Å². The van der Waals surface area contributed by atoms with E-state index < -0.39 is 0 Å². The van der Waals surface area contributed by atoms with Crippen molar-refractivity contribution in [2.75, 3.05) is 6.54 Å². The van der Waals surface area contributed by atoms with E-state index in [0.29, 0.717) is 0 Å². The number of nitrogens with zero attached hydrogens (tertiary/aromatic N) is 1. The lowest BCUT2D eigenvalue weighted by molar-refractivity contribution is 0.262. The minimum Gasteiger partial charge on any atom is -0.358 e. The lowest BCUT2D eigenvalue weighted by atomic mass is 9.94. The summed E-state index contributed by atoms with van der Waals surface area (Å²) < 4.78 is 0. The van der Waals surface area contributed by atoms with Gasteiger partial charge in [0.05, 0.1) is 0 Å². The van der Waals surface area contributed by atoms with Gasteiger partial charge in [0.15, 0.2) is 0 Å². The Labute approximate surface area is 132 Å². The number of nitrogens with one attached hydrogen (secondary N) is 1. The monoisotopic (exact) mass is 288 g/mol. The van der Waals surface area contributed by atoms with Crippen LogP contribution in [0.15, 0.2) is 48.5 Å². The van der Waals surface area contributed by atoms with Crippen LogP contribution in [0, 0.1) is 0 Å². The highest BCUT2D eigenvalue weighted by Crippen LogP contribution is 2.27. The Morgan fingerprint density at radius 3 is 2.82 bits per heavy atom. The SMILES string of the molecule is Bc1ccc2[nH]c3c(c2c1)CN(Cc1ccccc1)CCC3. The Morgan fingerprint density at radius 2 is 1.95 bits per heavy atom. The van der Waals surface area contributed by atoms with Crippen LogP contribution in [-0.4, -0.2) is 24.3 Å². The van der Waals surface area contributed by atoms with Crippen molar-refractivity contribution in [1.82, 2.24) is 9.88 Å². The van der Waals surface area contributed by atoms with E-state index in [9.17, 15) is 0 Å². The topological polar surface area (TPSA) is 19.0 Å². The third kappa shape index (κ3) is 2.57. The summed E-state index contributed by atoms with van der Waals surface area (Å²) >= 11 is 0. The molecule has 3 aromatic rings. The largest absolute Gasteiger partial charge is 0.358 e. The van der Waals surface area contributed by atoms with Crippen LogP contribution < -0.4 is 5.46 Å². The van der Waals surface area contributed by atoms with Crippen LogP contribution in [0.5, 0.6) is 0 Å². The molecule has 0 atom stereocenters. The quantitative estimate of drug-likeness (QED) is 0.717. The van der Waals surface area contributed by atoms with E-state index in [4.69, 9.17) is 0 Å². The van der Waals surface area contributed by atoms with Gasteiger partial charge in [-0.05, 0) is 36.6 Å². The Balaban J connectivity index is 1.67. The second kappa shape index (κ2) is 5.66. The minimum atomic E-state index is 1.04. The Hall–Kier alpha value is -2.00. The molecule has 0 unspecified atom stereocenters. The fourth-order valence-electron chi connectivity index (χ4n) is 3.57. The maximum atomic E-state index is 3.64. The number of H-pyrrole nitrogens is 1. The van der Waals surface area contributed by atoms with Gasteiger partial charge in [0.1, 0.15) is 7.85 Å². The second-order valence-electron chi connectivity index (χ2n) is 6.43. The van der Waals surface area contributed by atoms with Crippen LogP contribution in [0.4, 0.5) is 0 Å². The maximum Gasteiger partial charge on any atom is 0.139 e. The average Bonchev–Trinajstić information content (AvgIpc) is 2.73. The Morgan fingerprint density at radius 1 is 1.09 bits per heavy atom. The van der Waals surface area contributed by atoms with E-state index in [-0.39, 0.29) is 0 Å². The molecule has 4 rings (SSSR count). The van der Waals surface area contributed by atoms with E-state index in [2.05, 4.69) is 66.3 Å². The predicted octanol–water partition coefficient (Wildman–Crippen LogP) is 2.37. The standard InChI is InChI=1S/C19H21BN2/c20-15-8-9-19-16(11-15)17-13-22(10-4-7-18(17)21-19)12-14-5-2-1-3-6-14/h1-3,5-6,8-9,11,21H,4,7,10,12-13,20H2. The number of benzene rings is 2. The Kier molecular flexibility index (Phi) is 3.51. The first-order chi connectivity index (χ1) is 10.8. The van der Waals surface area contributed by atoms with Gasteiger partial charge in [0.2, 0.25) is 0 Å². The van der Waals surface area contributed by atoms with Crippen LogP contribution in [0.25, 0.3) is 10.9 Å². The summed E-state index contributed by atoms with van der Waals surface area (Å²) in [4.78, 5) is 6.22. The van der Waals surface area contributed by atoms with Crippen molar-refractivity contribution >= 4 is 24.2 Å². The first-order valence-corrected chi connectivity index (χ1v) is 8.16. The van der Waals surface area contributed by atoms with Gasteiger partial charge in [-0.1, -0.05) is 47.9 Å². The molecule has 0 bridgehead atoms. The molecule has 2 nitrogen and oxygen atoms in total. The van der Waals surface area contributed by atoms with Crippen LogP contribution in [0.3, 0.4) is 0 Å². The number of aromatic nitrogens is 1. The van der Waals surface area contributed by atoms with Crippen LogP contribution >= 0.6 is 0 Å². The van der Waals surface area contributed by atoms with Crippen molar-refractivity contribution in [2.45, 2.75) is 25.9 Å². The number of aromatic amines is 1. The molecule has 3 heteroatoms. The molecule has 2 aromatic carbocycles. The van der Waals surface area contributed by atoms with Gasteiger partial charge in [-0.3, -0.25) is 4.90 Å². The summed E-state index contributed by atoms with van der Waals surface area (Å²) in [6.07, 6.45) is 2.39. The first-order valence-electron chi connectivity index (χ1n) is 8.16. The summed E-state index contributed by atoms with van der Waals surface area (Å²) in [5, 5.41) is 1.41. The molecule has 1 aliphatic rings. The molecular weight excluding hydrogens is 267 g/mol. The molecular formula is C19H21BN2. The number of hydrogen-bond donors (Lipinski definition) is 1. The molecule has 0 fully saturated rings. The second-order valence-corrected chi connectivity index (χ2v) is 6.43. The molecule has 0 saturated carbocycles. The fourth-order valence-corrected chi connectivity index (χ4v) is 3.57. The van der Waals surface area contributed by atoms with Gasteiger partial charge in [0.25, 0.3) is 0 Å². The molecule has 0 spiro atoms. The van der Waals surface area contributed by atoms with Crippen molar-refractivity contribution in [1.29, 1.82) is 0 Å². The third-order valence-corrected chi connectivity index (χ3v) is 4.68. The molecule has 0 radical (unpaired) electrons. The summed E-state index contributed by atoms with van der Waals surface area (Å²) in [5.41, 5.74) is 6.98. The molecule has 110 valence electrons. The van der Waals surface area contributed by atoms with E-state index in [1.165, 1.54) is 46.2 Å². The van der Waals surface area contributed by atoms with E-state index in [0.717, 1.165) is 19.5 Å². The lowest BCUT2D eigenvalue weighted by Crippen LogP contribution is -2.22. The zero-order chi connectivity index (χ0) is 14.9. The van der Waals surface area contributed by atoms with Gasteiger partial charge in [-0.2, -0.15) is 0 Å². The van der Waals surface area contributed by atoms with Gasteiger partial charge in [-0.25, -0.2) is 0 Å². The highest BCUT2D eigenvalue weighted by atomic mass is 15.1. The van der Waals surface area contributed by atoms with Crippen LogP contribution in [0.2, 0.25) is 0 Å². The molecule has 0 aliphatic carbocycles. The van der Waals surface area contributed by atoms with Crippen molar-refractivity contribution in [3.63, 3.8) is 0 Å². The molecule has 1 aromatic heterocycles. The summed E-state index contributed by atoms with van der Waals surface area (Å²) in [6, 6.07) is 17.6. The number of hydrogen-bond acceptors (Lipinski definition) is 1. The summed E-state index contributed by atoms with van der Waals surface area (Å²) in [6.45, 7) is 3.26. The maximum absolute atomic E-state index is 3.64. The van der Waals surface area contributed by atoms with Crippen molar-refractivity contribution < 1.29 is 0 Å². The van der Waals surface area contributed by atoms with E-state index in [1.54, 1.807) is 0 Å². The highest BCUT2D eigenvalue weighted by Gasteiger charge is 2.18. The highest BCUT2D eigenvalue weighted by molar-refractivity contribution is 6.33. The number of fused-ring (bicyclic) bond motifs is 3. The van der Waals surface area contributed by atoms with Crippen LogP contribution in [-0.2, 0) is 19.5 Å². The van der Waals surface area contributed by atoms with Crippen LogP contribution in [0.1, 0.15) is 23.2 Å². The third-order valence-electron chi connectivity index (χ3n) is 4.68. The van der Waals surface area contributed by atoms with Crippen molar-refractivity contribution in [3.05, 3.63) is 65.4 Å². The van der Waals surface area contributed by atoms with Gasteiger partial charge < -0.3 is 4.98 Å². The molecule has 1 aliphatic heterocycles. The molecule has 0 amide bonds.